The average molecular weight is 381 g/mol. The lowest BCUT2D eigenvalue weighted by atomic mass is 10.2. The van der Waals surface area contributed by atoms with E-state index in [2.05, 4.69) is 10.9 Å². The molecular formula is C21H17ClN2O3. The van der Waals surface area contributed by atoms with Gasteiger partial charge >= 0.3 is 0 Å². The number of hydrogen-bond donors (Lipinski definition) is 2. The number of carbonyl (C=O) groups is 2. The molecule has 0 aliphatic rings. The highest BCUT2D eigenvalue weighted by Crippen LogP contribution is 2.14. The molecule has 0 spiro atoms. The van der Waals surface area contributed by atoms with Crippen LogP contribution in [-0.2, 0) is 6.61 Å². The standard InChI is InChI=1S/C21H17ClN2O3/c22-18-10-6-16(7-11-18)20(25)23-24-21(26)17-8-12-19(13-9-17)27-14-15-4-2-1-3-5-15/h1-13H,14H2,(H,23,25)(H,24,26). The predicted octanol–water partition coefficient (Wildman–Crippen LogP) is 3.99. The van der Waals surface area contributed by atoms with Crippen LogP contribution in [0, 0.1) is 0 Å². The molecule has 0 heterocycles. The third kappa shape index (κ3) is 5.33. The number of halogens is 1. The molecule has 6 heteroatoms. The SMILES string of the molecule is O=C(NNC(=O)c1ccc(OCc2ccccc2)cc1)c1ccc(Cl)cc1. The third-order valence-corrected chi connectivity index (χ3v) is 4.01. The number of ether oxygens (including phenoxy) is 1. The van der Waals surface area contributed by atoms with E-state index in [-0.39, 0.29) is 0 Å². The van der Waals surface area contributed by atoms with Gasteiger partial charge in [0.25, 0.3) is 11.8 Å². The zero-order valence-electron chi connectivity index (χ0n) is 14.3. The van der Waals surface area contributed by atoms with Gasteiger partial charge < -0.3 is 4.74 Å². The van der Waals surface area contributed by atoms with Gasteiger partial charge in [-0.2, -0.15) is 0 Å². The minimum absolute atomic E-state index is 0.393. The molecule has 0 atom stereocenters. The Morgan fingerprint density at radius 2 is 1.26 bits per heavy atom. The maximum atomic E-state index is 12.1. The van der Waals surface area contributed by atoms with E-state index in [0.717, 1.165) is 5.56 Å². The molecule has 0 aromatic heterocycles. The molecule has 0 fully saturated rings. The largest absolute Gasteiger partial charge is 0.489 e. The molecule has 3 aromatic rings. The molecule has 0 saturated carbocycles. The summed E-state index contributed by atoms with van der Waals surface area (Å²) >= 11 is 5.78. The molecule has 0 saturated heterocycles. The van der Waals surface area contributed by atoms with Crippen molar-refractivity contribution in [2.45, 2.75) is 6.61 Å². The summed E-state index contributed by atoms with van der Waals surface area (Å²) in [6.07, 6.45) is 0. The number of benzene rings is 3. The van der Waals surface area contributed by atoms with Gasteiger partial charge in [-0.25, -0.2) is 0 Å². The van der Waals surface area contributed by atoms with E-state index < -0.39 is 11.8 Å². The molecule has 0 aliphatic heterocycles. The van der Waals surface area contributed by atoms with Gasteiger partial charge in [0.1, 0.15) is 12.4 Å². The van der Waals surface area contributed by atoms with Gasteiger partial charge in [-0.15, -0.1) is 0 Å². The van der Waals surface area contributed by atoms with Crippen LogP contribution in [0.2, 0.25) is 5.02 Å². The number of hydrazine groups is 1. The zero-order valence-corrected chi connectivity index (χ0v) is 15.1. The summed E-state index contributed by atoms with van der Waals surface area (Å²) in [5.74, 6) is -0.199. The monoisotopic (exact) mass is 380 g/mol. The Balaban J connectivity index is 1.51. The van der Waals surface area contributed by atoms with E-state index >= 15 is 0 Å². The Labute approximate surface area is 161 Å². The smallest absolute Gasteiger partial charge is 0.269 e. The summed E-state index contributed by atoms with van der Waals surface area (Å²) in [4.78, 5) is 24.1. The number of amides is 2. The highest BCUT2D eigenvalue weighted by molar-refractivity contribution is 6.30. The van der Waals surface area contributed by atoms with Crippen molar-refractivity contribution in [1.82, 2.24) is 10.9 Å². The molecular weight excluding hydrogens is 364 g/mol. The lowest BCUT2D eigenvalue weighted by Gasteiger charge is -2.09. The second-order valence-corrected chi connectivity index (χ2v) is 6.15. The highest BCUT2D eigenvalue weighted by atomic mass is 35.5. The zero-order chi connectivity index (χ0) is 19.1. The quantitative estimate of drug-likeness (QED) is 0.657. The van der Waals surface area contributed by atoms with E-state index in [9.17, 15) is 9.59 Å². The molecule has 0 bridgehead atoms. The van der Waals surface area contributed by atoms with Crippen LogP contribution in [0.3, 0.4) is 0 Å². The van der Waals surface area contributed by atoms with Crippen LogP contribution >= 0.6 is 11.6 Å². The molecule has 136 valence electrons. The van der Waals surface area contributed by atoms with Crippen molar-refractivity contribution in [2.75, 3.05) is 0 Å². The Hall–Kier alpha value is -3.31. The van der Waals surface area contributed by atoms with Crippen LogP contribution in [0.5, 0.6) is 5.75 Å². The molecule has 2 N–H and O–H groups in total. The maximum Gasteiger partial charge on any atom is 0.269 e. The summed E-state index contributed by atoms with van der Waals surface area (Å²) in [6.45, 7) is 0.448. The second-order valence-electron chi connectivity index (χ2n) is 5.71. The number of hydrogen-bond acceptors (Lipinski definition) is 3. The van der Waals surface area contributed by atoms with E-state index in [1.165, 1.54) is 0 Å². The maximum absolute atomic E-state index is 12.1. The molecule has 27 heavy (non-hydrogen) atoms. The lowest BCUT2D eigenvalue weighted by Crippen LogP contribution is -2.41. The van der Waals surface area contributed by atoms with Crippen molar-refractivity contribution in [1.29, 1.82) is 0 Å². The Kier molecular flexibility index (Phi) is 6.07. The van der Waals surface area contributed by atoms with Gasteiger partial charge in [0.2, 0.25) is 0 Å². The van der Waals surface area contributed by atoms with Crippen LogP contribution in [0.15, 0.2) is 78.9 Å². The first-order valence-electron chi connectivity index (χ1n) is 8.25. The highest BCUT2D eigenvalue weighted by Gasteiger charge is 2.09. The predicted molar refractivity (Wildman–Crippen MR) is 104 cm³/mol. The Morgan fingerprint density at radius 1 is 0.741 bits per heavy atom. The van der Waals surface area contributed by atoms with Crippen LogP contribution in [-0.4, -0.2) is 11.8 Å². The molecule has 0 aliphatic carbocycles. The summed E-state index contributed by atoms with van der Waals surface area (Å²) in [5, 5.41) is 0.533. The number of rotatable bonds is 5. The van der Waals surface area contributed by atoms with Crippen molar-refractivity contribution >= 4 is 23.4 Å². The van der Waals surface area contributed by atoms with Crippen LogP contribution in [0.25, 0.3) is 0 Å². The minimum Gasteiger partial charge on any atom is -0.489 e. The normalized spacial score (nSPS) is 10.1. The Bertz CT molecular complexity index is 910. The van der Waals surface area contributed by atoms with Gasteiger partial charge in [0.15, 0.2) is 0 Å². The fourth-order valence-electron chi connectivity index (χ4n) is 2.30. The van der Waals surface area contributed by atoms with Crippen molar-refractivity contribution in [3.8, 4) is 5.75 Å². The average Bonchev–Trinajstić information content (AvgIpc) is 2.72. The first kappa shape index (κ1) is 18.5. The molecule has 5 nitrogen and oxygen atoms in total. The number of carbonyl (C=O) groups excluding carboxylic acids is 2. The molecule has 3 aromatic carbocycles. The summed E-state index contributed by atoms with van der Waals surface area (Å²) in [5.41, 5.74) is 6.60. The summed E-state index contributed by atoms with van der Waals surface area (Å²) < 4.78 is 5.68. The van der Waals surface area contributed by atoms with Crippen LogP contribution < -0.4 is 15.6 Å². The second kappa shape index (κ2) is 8.87. The third-order valence-electron chi connectivity index (χ3n) is 3.76. The van der Waals surface area contributed by atoms with Gasteiger partial charge in [-0.05, 0) is 54.1 Å². The van der Waals surface area contributed by atoms with Gasteiger partial charge in [0.05, 0.1) is 0 Å². The van der Waals surface area contributed by atoms with Crippen molar-refractivity contribution < 1.29 is 14.3 Å². The fourth-order valence-corrected chi connectivity index (χ4v) is 2.43. The Morgan fingerprint density at radius 3 is 1.81 bits per heavy atom. The summed E-state index contributed by atoms with van der Waals surface area (Å²) in [6, 6.07) is 22.8. The fraction of sp³-hybridized carbons (Fsp3) is 0.0476. The minimum atomic E-state index is -0.428. The van der Waals surface area contributed by atoms with E-state index in [1.807, 2.05) is 30.3 Å². The molecule has 0 radical (unpaired) electrons. The first-order chi connectivity index (χ1) is 13.1. The molecule has 3 rings (SSSR count). The van der Waals surface area contributed by atoms with E-state index in [0.29, 0.717) is 28.5 Å². The first-order valence-corrected chi connectivity index (χ1v) is 8.62. The summed E-state index contributed by atoms with van der Waals surface area (Å²) in [7, 11) is 0. The van der Waals surface area contributed by atoms with Gasteiger partial charge in [0, 0.05) is 16.1 Å². The molecule has 2 amide bonds. The lowest BCUT2D eigenvalue weighted by molar-refractivity contribution is 0.0846. The van der Waals surface area contributed by atoms with Crippen LogP contribution in [0.1, 0.15) is 26.3 Å². The van der Waals surface area contributed by atoms with E-state index in [4.69, 9.17) is 16.3 Å². The van der Waals surface area contributed by atoms with Crippen LogP contribution in [0.4, 0.5) is 0 Å². The van der Waals surface area contributed by atoms with Crippen molar-refractivity contribution in [3.05, 3.63) is 101 Å². The van der Waals surface area contributed by atoms with E-state index in [1.54, 1.807) is 48.5 Å². The van der Waals surface area contributed by atoms with Gasteiger partial charge in [-0.3, -0.25) is 20.4 Å². The molecule has 0 unspecified atom stereocenters. The van der Waals surface area contributed by atoms with Gasteiger partial charge in [-0.1, -0.05) is 41.9 Å². The van der Waals surface area contributed by atoms with Crippen molar-refractivity contribution in [3.63, 3.8) is 0 Å². The topological polar surface area (TPSA) is 67.4 Å². The number of nitrogens with one attached hydrogen (secondary N) is 2. The van der Waals surface area contributed by atoms with Crippen molar-refractivity contribution in [2.24, 2.45) is 0 Å².